The van der Waals surface area contributed by atoms with Gasteiger partial charge in [0.2, 0.25) is 5.91 Å². The van der Waals surface area contributed by atoms with Crippen LogP contribution >= 0.6 is 0 Å². The Labute approximate surface area is 146 Å². The number of amides is 1. The lowest BCUT2D eigenvalue weighted by Gasteiger charge is -2.35. The molecule has 1 aromatic rings. The molecule has 1 aromatic carbocycles. The molecule has 0 spiro atoms. The van der Waals surface area contributed by atoms with Crippen molar-refractivity contribution in [1.29, 1.82) is 0 Å². The maximum absolute atomic E-state index is 12.9. The van der Waals surface area contributed by atoms with Crippen molar-refractivity contribution in [2.45, 2.75) is 57.2 Å². The summed E-state index contributed by atoms with van der Waals surface area (Å²) in [5.74, 6) is -0.0891. The molecule has 3 rings (SSSR count). The second-order valence-electron chi connectivity index (χ2n) is 7.18. The van der Waals surface area contributed by atoms with Gasteiger partial charge in [-0.25, -0.2) is 0 Å². The van der Waals surface area contributed by atoms with Gasteiger partial charge in [-0.15, -0.1) is 0 Å². The molecule has 0 radical (unpaired) electrons. The molecule has 25 heavy (non-hydrogen) atoms. The fourth-order valence-corrected chi connectivity index (χ4v) is 3.87. The molecule has 3 nitrogen and oxygen atoms in total. The summed E-state index contributed by atoms with van der Waals surface area (Å²) in [4.78, 5) is 14.5. The van der Waals surface area contributed by atoms with Gasteiger partial charge in [0.1, 0.15) is 0 Å². The van der Waals surface area contributed by atoms with Crippen LogP contribution in [0.25, 0.3) is 0 Å². The fraction of sp³-hybridized carbons (Fsp3) is 0.632. The quantitative estimate of drug-likeness (QED) is 0.874. The summed E-state index contributed by atoms with van der Waals surface area (Å²) in [6.07, 6.45) is 2.90. The van der Waals surface area contributed by atoms with Crippen LogP contribution in [0.3, 0.4) is 0 Å². The first-order valence-corrected chi connectivity index (χ1v) is 9.16. The highest BCUT2D eigenvalue weighted by Gasteiger charge is 2.32. The van der Waals surface area contributed by atoms with Crippen molar-refractivity contribution in [3.05, 3.63) is 29.8 Å². The Morgan fingerprint density at radius 3 is 2.56 bits per heavy atom. The molecule has 2 aliphatic rings. The first kappa shape index (κ1) is 18.1. The zero-order valence-corrected chi connectivity index (χ0v) is 14.3. The van der Waals surface area contributed by atoms with Gasteiger partial charge < -0.3 is 10.2 Å². The minimum Gasteiger partial charge on any atom is -0.371 e. The number of nitrogens with zero attached hydrogens (tertiary/aromatic N) is 1. The summed E-state index contributed by atoms with van der Waals surface area (Å²) in [5.41, 5.74) is -0.0937. The van der Waals surface area contributed by atoms with Gasteiger partial charge in [0, 0.05) is 24.8 Å². The van der Waals surface area contributed by atoms with Crippen molar-refractivity contribution >= 4 is 11.6 Å². The van der Waals surface area contributed by atoms with Crippen LogP contribution < -0.4 is 10.2 Å². The minimum absolute atomic E-state index is 0.0589. The normalized spacial score (nSPS) is 22.7. The maximum atomic E-state index is 12.9. The molecular formula is C19H25F3N2O. The lowest BCUT2D eigenvalue weighted by Crippen LogP contribution is -2.46. The topological polar surface area (TPSA) is 32.3 Å². The molecule has 1 N–H and O–H groups in total. The molecule has 1 atom stereocenters. The molecule has 1 aliphatic carbocycles. The average Bonchev–Trinajstić information content (AvgIpc) is 2.62. The molecule has 1 saturated heterocycles. The Balaban J connectivity index is 1.63. The third-order valence-electron chi connectivity index (χ3n) is 5.28. The van der Waals surface area contributed by atoms with Crippen LogP contribution in [0.5, 0.6) is 0 Å². The fourth-order valence-electron chi connectivity index (χ4n) is 3.87. The molecule has 2 fully saturated rings. The van der Waals surface area contributed by atoms with E-state index in [1.54, 1.807) is 6.07 Å². The van der Waals surface area contributed by atoms with Crippen LogP contribution in [-0.4, -0.2) is 25.0 Å². The first-order chi connectivity index (χ1) is 11.9. The Kier molecular flexibility index (Phi) is 5.54. The smallest absolute Gasteiger partial charge is 0.371 e. The van der Waals surface area contributed by atoms with E-state index >= 15 is 0 Å². The van der Waals surface area contributed by atoms with Crippen molar-refractivity contribution in [3.8, 4) is 0 Å². The van der Waals surface area contributed by atoms with Gasteiger partial charge >= 0.3 is 6.18 Å². The number of hydrogen-bond acceptors (Lipinski definition) is 2. The monoisotopic (exact) mass is 354 g/mol. The van der Waals surface area contributed by atoms with E-state index in [4.69, 9.17) is 0 Å². The molecule has 6 heteroatoms. The van der Waals surface area contributed by atoms with Crippen molar-refractivity contribution in [1.82, 2.24) is 5.32 Å². The summed E-state index contributed by atoms with van der Waals surface area (Å²) in [6.45, 7) is 1.17. The van der Waals surface area contributed by atoms with Crippen molar-refractivity contribution in [2.24, 2.45) is 5.92 Å². The number of halogens is 3. The van der Waals surface area contributed by atoms with E-state index in [9.17, 15) is 18.0 Å². The zero-order chi connectivity index (χ0) is 17.9. The molecule has 1 saturated carbocycles. The number of carbonyl (C=O) groups is 1. The molecule has 0 bridgehead atoms. The van der Waals surface area contributed by atoms with Crippen LogP contribution in [0.2, 0.25) is 0 Å². The summed E-state index contributed by atoms with van der Waals surface area (Å²) < 4.78 is 38.8. The lowest BCUT2D eigenvalue weighted by molar-refractivity contribution is -0.137. The average molecular weight is 354 g/mol. The lowest BCUT2D eigenvalue weighted by atomic mass is 9.92. The van der Waals surface area contributed by atoms with E-state index in [0.717, 1.165) is 44.6 Å². The van der Waals surface area contributed by atoms with Gasteiger partial charge in [-0.05, 0) is 43.9 Å². The zero-order valence-electron chi connectivity index (χ0n) is 14.3. The first-order valence-electron chi connectivity index (χ1n) is 9.16. The molecule has 1 amide bonds. The van der Waals surface area contributed by atoms with Gasteiger partial charge in [0.05, 0.1) is 11.5 Å². The SMILES string of the molecule is O=C(NC1CCCCC1)[C@H]1CCCN(c2cccc(C(F)(F)F)c2)C1. The van der Waals surface area contributed by atoms with Gasteiger partial charge in [-0.2, -0.15) is 13.2 Å². The van der Waals surface area contributed by atoms with Gasteiger partial charge in [-0.1, -0.05) is 25.3 Å². The van der Waals surface area contributed by atoms with Gasteiger partial charge in [-0.3, -0.25) is 4.79 Å². The predicted octanol–water partition coefficient (Wildman–Crippen LogP) is 4.37. The summed E-state index contributed by atoms with van der Waals surface area (Å²) >= 11 is 0. The number of nitrogens with one attached hydrogen (secondary N) is 1. The molecule has 0 aromatic heterocycles. The molecule has 1 heterocycles. The number of piperidine rings is 1. The van der Waals surface area contributed by atoms with E-state index in [1.165, 1.54) is 18.6 Å². The van der Waals surface area contributed by atoms with Crippen LogP contribution in [0.1, 0.15) is 50.5 Å². The third-order valence-corrected chi connectivity index (χ3v) is 5.28. The van der Waals surface area contributed by atoms with Crippen LogP contribution in [0.4, 0.5) is 18.9 Å². The second-order valence-corrected chi connectivity index (χ2v) is 7.18. The Bertz CT molecular complexity index is 597. The Hall–Kier alpha value is -1.72. The number of alkyl halides is 3. The van der Waals surface area contributed by atoms with E-state index in [2.05, 4.69) is 5.32 Å². The Morgan fingerprint density at radius 1 is 1.08 bits per heavy atom. The van der Waals surface area contributed by atoms with Crippen LogP contribution in [0.15, 0.2) is 24.3 Å². The number of hydrogen-bond donors (Lipinski definition) is 1. The van der Waals surface area contributed by atoms with Crippen molar-refractivity contribution in [3.63, 3.8) is 0 Å². The number of carbonyl (C=O) groups excluding carboxylic acids is 1. The number of rotatable bonds is 3. The van der Waals surface area contributed by atoms with Crippen LogP contribution in [0, 0.1) is 5.92 Å². The summed E-state index contributed by atoms with van der Waals surface area (Å²) in [5, 5.41) is 3.15. The number of anilines is 1. The Morgan fingerprint density at radius 2 is 1.84 bits per heavy atom. The third kappa shape index (κ3) is 4.67. The molecule has 138 valence electrons. The number of benzene rings is 1. The second kappa shape index (κ2) is 7.67. The van der Waals surface area contributed by atoms with Crippen molar-refractivity contribution < 1.29 is 18.0 Å². The van der Waals surface area contributed by atoms with Crippen LogP contribution in [-0.2, 0) is 11.0 Å². The highest BCUT2D eigenvalue weighted by atomic mass is 19.4. The minimum atomic E-state index is -4.34. The molecule has 1 aliphatic heterocycles. The van der Waals surface area contributed by atoms with E-state index < -0.39 is 11.7 Å². The summed E-state index contributed by atoms with van der Waals surface area (Å²) in [7, 11) is 0. The molecule has 0 unspecified atom stereocenters. The van der Waals surface area contributed by atoms with E-state index in [1.807, 2.05) is 4.90 Å². The largest absolute Gasteiger partial charge is 0.416 e. The van der Waals surface area contributed by atoms with E-state index in [-0.39, 0.29) is 17.9 Å². The van der Waals surface area contributed by atoms with E-state index in [0.29, 0.717) is 18.8 Å². The highest BCUT2D eigenvalue weighted by molar-refractivity contribution is 5.80. The predicted molar refractivity (Wildman–Crippen MR) is 91.4 cm³/mol. The van der Waals surface area contributed by atoms with Gasteiger partial charge in [0.25, 0.3) is 0 Å². The highest BCUT2D eigenvalue weighted by Crippen LogP contribution is 2.33. The standard InChI is InChI=1S/C19H25F3N2O/c20-19(21,22)15-7-4-10-17(12-15)24-11-5-6-14(13-24)18(25)23-16-8-2-1-3-9-16/h4,7,10,12,14,16H,1-3,5-6,8-9,11,13H2,(H,23,25)/t14-/m0/s1. The molecular weight excluding hydrogens is 329 g/mol. The maximum Gasteiger partial charge on any atom is 0.416 e. The van der Waals surface area contributed by atoms with Crippen molar-refractivity contribution in [2.75, 3.05) is 18.0 Å². The van der Waals surface area contributed by atoms with Gasteiger partial charge in [0.15, 0.2) is 0 Å². The summed E-state index contributed by atoms with van der Waals surface area (Å²) in [6, 6.07) is 5.66.